The van der Waals surface area contributed by atoms with Gasteiger partial charge in [-0.1, -0.05) is 42.5 Å². The van der Waals surface area contributed by atoms with E-state index < -0.39 is 0 Å². The van der Waals surface area contributed by atoms with E-state index in [1.54, 1.807) is 24.3 Å². The number of nitrogens with zero attached hydrogens (tertiary/aromatic N) is 1. The molecule has 1 N–H and O–H groups in total. The Morgan fingerprint density at radius 3 is 2.33 bits per heavy atom. The van der Waals surface area contributed by atoms with Crippen LogP contribution in [0.15, 0.2) is 65.5 Å². The third kappa shape index (κ3) is 1.57. The van der Waals surface area contributed by atoms with Crippen LogP contribution >= 0.6 is 0 Å². The standard InChI is InChI=1S/C15H11NO2/c17-15-10-14(11-6-2-1-3-7-11)16(18)13-9-5-4-8-12(13)15/h1-10,18H. The second kappa shape index (κ2) is 4.04. The number of pyridine rings is 1. The molecule has 0 aliphatic carbocycles. The second-order valence-electron chi connectivity index (χ2n) is 4.09. The van der Waals surface area contributed by atoms with E-state index in [-0.39, 0.29) is 5.43 Å². The molecule has 0 fully saturated rings. The normalized spacial score (nSPS) is 10.7. The molecule has 1 aromatic heterocycles. The van der Waals surface area contributed by atoms with Gasteiger partial charge in [0.15, 0.2) is 5.43 Å². The number of benzene rings is 2. The minimum absolute atomic E-state index is 0.0882. The monoisotopic (exact) mass is 237 g/mol. The lowest BCUT2D eigenvalue weighted by atomic mass is 10.1. The van der Waals surface area contributed by atoms with Gasteiger partial charge in [0.05, 0.1) is 11.2 Å². The van der Waals surface area contributed by atoms with Crippen molar-refractivity contribution in [2.24, 2.45) is 0 Å². The van der Waals surface area contributed by atoms with Crippen LogP contribution < -0.4 is 5.43 Å². The molecular formula is C15H11NO2. The van der Waals surface area contributed by atoms with Crippen LogP contribution in [0, 0.1) is 0 Å². The third-order valence-electron chi connectivity index (χ3n) is 2.96. The highest BCUT2D eigenvalue weighted by Gasteiger charge is 2.08. The summed E-state index contributed by atoms with van der Waals surface area (Å²) < 4.78 is 1.06. The number of rotatable bonds is 1. The maximum absolute atomic E-state index is 12.0. The molecule has 0 amide bonds. The topological polar surface area (TPSA) is 42.2 Å². The van der Waals surface area contributed by atoms with Crippen LogP contribution in [0.1, 0.15) is 0 Å². The number of fused-ring (bicyclic) bond motifs is 1. The Bertz CT molecular complexity index is 760. The van der Waals surface area contributed by atoms with Crippen LogP contribution in [0.25, 0.3) is 22.2 Å². The van der Waals surface area contributed by atoms with Gasteiger partial charge in [-0.05, 0) is 12.1 Å². The summed E-state index contributed by atoms with van der Waals surface area (Å²) >= 11 is 0. The minimum atomic E-state index is -0.0882. The Morgan fingerprint density at radius 1 is 0.889 bits per heavy atom. The highest BCUT2D eigenvalue weighted by molar-refractivity contribution is 5.81. The molecule has 88 valence electrons. The number of aromatic nitrogens is 1. The van der Waals surface area contributed by atoms with Gasteiger partial charge in [-0.15, -0.1) is 0 Å². The molecule has 3 aromatic rings. The summed E-state index contributed by atoms with van der Waals surface area (Å²) in [6.07, 6.45) is 0. The molecule has 0 saturated heterocycles. The molecule has 1 heterocycles. The Labute approximate surface area is 104 Å². The van der Waals surface area contributed by atoms with E-state index in [1.165, 1.54) is 6.07 Å². The van der Waals surface area contributed by atoms with Crippen LogP contribution in [0.4, 0.5) is 0 Å². The summed E-state index contributed by atoms with van der Waals surface area (Å²) in [6.45, 7) is 0. The fourth-order valence-electron chi connectivity index (χ4n) is 2.07. The quantitative estimate of drug-likeness (QED) is 0.661. The van der Waals surface area contributed by atoms with Gasteiger partial charge in [0, 0.05) is 17.0 Å². The first-order valence-electron chi connectivity index (χ1n) is 5.67. The van der Waals surface area contributed by atoms with Crippen molar-refractivity contribution in [3.05, 3.63) is 70.9 Å². The molecule has 0 atom stereocenters. The Morgan fingerprint density at radius 2 is 1.56 bits per heavy atom. The highest BCUT2D eigenvalue weighted by Crippen LogP contribution is 2.20. The lowest BCUT2D eigenvalue weighted by molar-refractivity contribution is 0.203. The zero-order chi connectivity index (χ0) is 12.5. The van der Waals surface area contributed by atoms with Crippen LogP contribution in [0.3, 0.4) is 0 Å². The van der Waals surface area contributed by atoms with E-state index in [4.69, 9.17) is 0 Å². The first kappa shape index (κ1) is 10.6. The van der Waals surface area contributed by atoms with E-state index in [0.29, 0.717) is 16.6 Å². The smallest absolute Gasteiger partial charge is 0.190 e. The largest absolute Gasteiger partial charge is 0.428 e. The SMILES string of the molecule is O=c1cc(-c2ccccc2)n(O)c2ccccc12. The molecule has 0 bridgehead atoms. The van der Waals surface area contributed by atoms with Crippen molar-refractivity contribution in [1.82, 2.24) is 4.73 Å². The Balaban J connectivity index is 2.39. The lowest BCUT2D eigenvalue weighted by Crippen LogP contribution is -2.09. The summed E-state index contributed by atoms with van der Waals surface area (Å²) in [5.74, 6) is 0. The van der Waals surface area contributed by atoms with Crippen LogP contribution in [-0.4, -0.2) is 9.94 Å². The molecule has 0 spiro atoms. The van der Waals surface area contributed by atoms with Crippen molar-refractivity contribution < 1.29 is 5.21 Å². The average molecular weight is 237 g/mol. The van der Waals surface area contributed by atoms with Crippen molar-refractivity contribution in [1.29, 1.82) is 0 Å². The summed E-state index contributed by atoms with van der Waals surface area (Å²) in [5.41, 5.74) is 1.74. The fraction of sp³-hybridized carbons (Fsp3) is 0. The summed E-state index contributed by atoms with van der Waals surface area (Å²) in [4.78, 5) is 12.0. The van der Waals surface area contributed by atoms with Crippen LogP contribution in [-0.2, 0) is 0 Å². The van der Waals surface area contributed by atoms with Crippen molar-refractivity contribution in [3.8, 4) is 11.3 Å². The lowest BCUT2D eigenvalue weighted by Gasteiger charge is -2.10. The van der Waals surface area contributed by atoms with Crippen LogP contribution in [0.2, 0.25) is 0 Å². The van der Waals surface area contributed by atoms with E-state index in [2.05, 4.69) is 0 Å². The van der Waals surface area contributed by atoms with Gasteiger partial charge in [-0.2, -0.15) is 4.73 Å². The Kier molecular flexibility index (Phi) is 2.38. The third-order valence-corrected chi connectivity index (χ3v) is 2.96. The van der Waals surface area contributed by atoms with Gasteiger partial charge in [0.2, 0.25) is 0 Å². The molecule has 0 unspecified atom stereocenters. The predicted molar refractivity (Wildman–Crippen MR) is 70.8 cm³/mol. The molecule has 0 radical (unpaired) electrons. The molecule has 0 saturated carbocycles. The van der Waals surface area contributed by atoms with Crippen molar-refractivity contribution >= 4 is 10.9 Å². The minimum Gasteiger partial charge on any atom is -0.428 e. The van der Waals surface area contributed by atoms with Crippen molar-refractivity contribution in [3.63, 3.8) is 0 Å². The number of hydrogen-bond donors (Lipinski definition) is 1. The fourth-order valence-corrected chi connectivity index (χ4v) is 2.07. The first-order chi connectivity index (χ1) is 8.77. The molecule has 0 aliphatic rings. The van der Waals surface area contributed by atoms with E-state index in [1.807, 2.05) is 30.3 Å². The molecule has 18 heavy (non-hydrogen) atoms. The molecular weight excluding hydrogens is 226 g/mol. The summed E-state index contributed by atoms with van der Waals surface area (Å²) in [6, 6.07) is 17.8. The van der Waals surface area contributed by atoms with Crippen molar-refractivity contribution in [2.75, 3.05) is 0 Å². The number of hydrogen-bond acceptors (Lipinski definition) is 2. The molecule has 3 heteroatoms. The van der Waals surface area contributed by atoms with Gasteiger partial charge in [-0.25, -0.2) is 0 Å². The molecule has 3 nitrogen and oxygen atoms in total. The number of para-hydroxylation sites is 1. The maximum Gasteiger partial charge on any atom is 0.190 e. The Hall–Kier alpha value is -2.55. The predicted octanol–water partition coefficient (Wildman–Crippen LogP) is 2.91. The van der Waals surface area contributed by atoms with Crippen LogP contribution in [0.5, 0.6) is 0 Å². The molecule has 0 aliphatic heterocycles. The summed E-state index contributed by atoms with van der Waals surface area (Å²) in [5, 5.41) is 10.7. The van der Waals surface area contributed by atoms with E-state index in [0.717, 1.165) is 10.3 Å². The van der Waals surface area contributed by atoms with Gasteiger partial charge in [0.25, 0.3) is 0 Å². The summed E-state index contributed by atoms with van der Waals surface area (Å²) in [7, 11) is 0. The van der Waals surface area contributed by atoms with Crippen molar-refractivity contribution in [2.45, 2.75) is 0 Å². The second-order valence-corrected chi connectivity index (χ2v) is 4.09. The first-order valence-corrected chi connectivity index (χ1v) is 5.67. The van der Waals surface area contributed by atoms with Gasteiger partial charge >= 0.3 is 0 Å². The molecule has 3 rings (SSSR count). The zero-order valence-corrected chi connectivity index (χ0v) is 9.58. The van der Waals surface area contributed by atoms with Gasteiger partial charge in [0.1, 0.15) is 0 Å². The highest BCUT2D eigenvalue weighted by atomic mass is 16.5. The van der Waals surface area contributed by atoms with E-state index >= 15 is 0 Å². The van der Waals surface area contributed by atoms with E-state index in [9.17, 15) is 10.0 Å². The van der Waals surface area contributed by atoms with Gasteiger partial charge < -0.3 is 5.21 Å². The maximum atomic E-state index is 12.0. The average Bonchev–Trinajstić information content (AvgIpc) is 2.44. The zero-order valence-electron chi connectivity index (χ0n) is 9.58. The van der Waals surface area contributed by atoms with Gasteiger partial charge in [-0.3, -0.25) is 4.79 Å². The molecule has 2 aromatic carbocycles.